The molecule has 0 aromatic heterocycles. The minimum atomic E-state index is -1.62. The van der Waals surface area contributed by atoms with Gasteiger partial charge in [0.05, 0.1) is 6.54 Å². The minimum absolute atomic E-state index is 0.000437. The van der Waals surface area contributed by atoms with Gasteiger partial charge < -0.3 is 31.5 Å². The third-order valence-electron chi connectivity index (χ3n) is 8.19. The number of imide groups is 1. The van der Waals surface area contributed by atoms with Crippen molar-refractivity contribution in [2.45, 2.75) is 71.7 Å². The van der Waals surface area contributed by atoms with Crippen molar-refractivity contribution >= 4 is 41.5 Å². The van der Waals surface area contributed by atoms with Gasteiger partial charge in [-0.15, -0.1) is 0 Å². The molecule has 0 heterocycles. The Morgan fingerprint density at radius 3 is 1.91 bits per heavy atom. The molecule has 292 valence electrons. The first kappa shape index (κ1) is 42.9. The lowest BCUT2D eigenvalue weighted by Gasteiger charge is -2.31. The topological polar surface area (TPSA) is 226 Å². The van der Waals surface area contributed by atoms with Gasteiger partial charge >= 0.3 is 6.09 Å². The summed E-state index contributed by atoms with van der Waals surface area (Å²) in [6.45, 7) is 5.33. The molecule has 0 saturated heterocycles. The zero-order valence-corrected chi connectivity index (χ0v) is 31.2. The number of amides is 7. The second-order valence-corrected chi connectivity index (χ2v) is 13.1. The highest BCUT2D eigenvalue weighted by Gasteiger charge is 2.38. The van der Waals surface area contributed by atoms with Gasteiger partial charge in [-0.1, -0.05) is 92.7 Å². The number of phenolic OH excluding ortho intramolecular Hbond substituents is 1. The lowest BCUT2D eigenvalue weighted by molar-refractivity contribution is -0.150. The number of primary amides is 1. The first-order chi connectivity index (χ1) is 26.2. The third kappa shape index (κ3) is 14.1. The van der Waals surface area contributed by atoms with Crippen molar-refractivity contribution in [3.63, 3.8) is 0 Å². The number of benzene rings is 3. The lowest BCUT2D eigenvalue weighted by Crippen LogP contribution is -2.59. The van der Waals surface area contributed by atoms with Crippen LogP contribution in [0.3, 0.4) is 0 Å². The van der Waals surface area contributed by atoms with E-state index in [1.807, 2.05) is 13.8 Å². The maximum Gasteiger partial charge on any atom is 0.412 e. The smallest absolute Gasteiger partial charge is 0.412 e. The molecule has 3 atom stereocenters. The van der Waals surface area contributed by atoms with Crippen LogP contribution in [-0.2, 0) is 53.0 Å². The number of phenols is 1. The van der Waals surface area contributed by atoms with Crippen LogP contribution in [0, 0.1) is 5.92 Å². The SMILES string of the molecule is C/C=C(\NC(=O)OCc1ccccc1)C(=O)N(C(=O)CNC(=O)[C@H](Cc1ccc(O)cc1)NC(C)=O)[C@@H](Cc1ccccc1)C(=O)N[C@@H](CC(C)C)C(N)=O. The zero-order valence-electron chi connectivity index (χ0n) is 31.2. The normalized spacial score (nSPS) is 12.7. The number of nitrogens with one attached hydrogen (secondary N) is 4. The monoisotopic (exact) mass is 756 g/mol. The molecule has 0 fully saturated rings. The number of carbonyl (C=O) groups excluding carboxylic acids is 7. The van der Waals surface area contributed by atoms with Gasteiger partial charge in [-0.05, 0) is 48.1 Å². The highest BCUT2D eigenvalue weighted by atomic mass is 16.5. The molecule has 15 heteroatoms. The first-order valence-corrected chi connectivity index (χ1v) is 17.6. The molecule has 7 N–H and O–H groups in total. The number of nitrogens with two attached hydrogens (primary N) is 1. The molecule has 0 bridgehead atoms. The molecule has 15 nitrogen and oxygen atoms in total. The van der Waals surface area contributed by atoms with E-state index < -0.39 is 71.9 Å². The van der Waals surface area contributed by atoms with E-state index in [1.54, 1.807) is 72.8 Å². The van der Waals surface area contributed by atoms with Crippen LogP contribution < -0.4 is 27.0 Å². The number of aromatic hydroxyl groups is 1. The van der Waals surface area contributed by atoms with Gasteiger partial charge in [0.1, 0.15) is 36.2 Å². The van der Waals surface area contributed by atoms with Crippen molar-refractivity contribution in [3.05, 3.63) is 113 Å². The van der Waals surface area contributed by atoms with Crippen LogP contribution >= 0.6 is 0 Å². The molecule has 3 rings (SSSR count). The molecule has 0 radical (unpaired) electrons. The summed E-state index contributed by atoms with van der Waals surface area (Å²) in [6, 6.07) is 19.3. The van der Waals surface area contributed by atoms with E-state index in [0.717, 1.165) is 0 Å². The summed E-state index contributed by atoms with van der Waals surface area (Å²) in [7, 11) is 0. The number of alkyl carbamates (subject to hydrolysis) is 1. The number of hydrogen-bond donors (Lipinski definition) is 6. The van der Waals surface area contributed by atoms with Gasteiger partial charge in [0, 0.05) is 19.8 Å². The summed E-state index contributed by atoms with van der Waals surface area (Å²) in [5.74, 6) is -5.28. The van der Waals surface area contributed by atoms with Gasteiger partial charge in [-0.3, -0.25) is 39.0 Å². The van der Waals surface area contributed by atoms with E-state index in [2.05, 4.69) is 21.3 Å². The maximum absolute atomic E-state index is 14.4. The van der Waals surface area contributed by atoms with Crippen molar-refractivity contribution < 1.29 is 43.4 Å². The van der Waals surface area contributed by atoms with Gasteiger partial charge in [-0.25, -0.2) is 4.79 Å². The summed E-state index contributed by atoms with van der Waals surface area (Å²) in [5, 5.41) is 19.6. The van der Waals surface area contributed by atoms with Crippen molar-refractivity contribution in [2.75, 3.05) is 6.54 Å². The molecule has 0 saturated carbocycles. The molecule has 7 amide bonds. The molecule has 3 aromatic rings. The Hall–Kier alpha value is -6.51. The highest BCUT2D eigenvalue weighted by molar-refractivity contribution is 6.09. The fourth-order valence-corrected chi connectivity index (χ4v) is 5.49. The predicted octanol–water partition coefficient (Wildman–Crippen LogP) is 2.37. The number of ether oxygens (including phenoxy) is 1. The van der Waals surface area contributed by atoms with Crippen molar-refractivity contribution in [3.8, 4) is 5.75 Å². The lowest BCUT2D eigenvalue weighted by atomic mass is 10.00. The third-order valence-corrected chi connectivity index (χ3v) is 8.19. The van der Waals surface area contributed by atoms with Crippen LogP contribution in [0.5, 0.6) is 5.75 Å². The quantitative estimate of drug-likeness (QED) is 0.105. The molecule has 0 unspecified atom stereocenters. The van der Waals surface area contributed by atoms with Crippen molar-refractivity contribution in [2.24, 2.45) is 11.7 Å². The van der Waals surface area contributed by atoms with E-state index in [0.29, 0.717) is 21.6 Å². The van der Waals surface area contributed by atoms with Crippen LogP contribution in [0.1, 0.15) is 50.8 Å². The van der Waals surface area contributed by atoms with E-state index in [4.69, 9.17) is 10.5 Å². The van der Waals surface area contributed by atoms with Crippen LogP contribution in [0.15, 0.2) is 96.7 Å². The molecule has 55 heavy (non-hydrogen) atoms. The van der Waals surface area contributed by atoms with Crippen LogP contribution in [0.2, 0.25) is 0 Å². The summed E-state index contributed by atoms with van der Waals surface area (Å²) < 4.78 is 5.28. The van der Waals surface area contributed by atoms with E-state index in [1.165, 1.54) is 32.1 Å². The fraction of sp³-hybridized carbons (Fsp3) is 0.325. The van der Waals surface area contributed by atoms with E-state index >= 15 is 0 Å². The fourth-order valence-electron chi connectivity index (χ4n) is 5.49. The summed E-state index contributed by atoms with van der Waals surface area (Å²) in [5.41, 5.74) is 7.00. The predicted molar refractivity (Wildman–Crippen MR) is 202 cm³/mol. The molecule has 0 aliphatic carbocycles. The number of hydrogen-bond acceptors (Lipinski definition) is 9. The number of nitrogens with zero attached hydrogens (tertiary/aromatic N) is 1. The van der Waals surface area contributed by atoms with Crippen LogP contribution in [-0.4, -0.2) is 76.2 Å². The van der Waals surface area contributed by atoms with E-state index in [9.17, 15) is 38.7 Å². The highest BCUT2D eigenvalue weighted by Crippen LogP contribution is 2.16. The summed E-state index contributed by atoms with van der Waals surface area (Å²) in [4.78, 5) is 94.1. The van der Waals surface area contributed by atoms with Gasteiger partial charge in [0.2, 0.25) is 29.5 Å². The molecule has 0 aliphatic heterocycles. The van der Waals surface area contributed by atoms with Crippen LogP contribution in [0.25, 0.3) is 0 Å². The van der Waals surface area contributed by atoms with E-state index in [-0.39, 0.29) is 37.5 Å². The first-order valence-electron chi connectivity index (χ1n) is 17.6. The van der Waals surface area contributed by atoms with Gasteiger partial charge in [0.25, 0.3) is 5.91 Å². The average Bonchev–Trinajstić information content (AvgIpc) is 3.15. The number of allylic oxidation sites excluding steroid dienone is 1. The summed E-state index contributed by atoms with van der Waals surface area (Å²) in [6.07, 6.45) is 0.128. The van der Waals surface area contributed by atoms with Crippen molar-refractivity contribution in [1.29, 1.82) is 0 Å². The summed E-state index contributed by atoms with van der Waals surface area (Å²) >= 11 is 0. The maximum atomic E-state index is 14.4. The Kier molecular flexibility index (Phi) is 16.6. The van der Waals surface area contributed by atoms with Crippen molar-refractivity contribution in [1.82, 2.24) is 26.2 Å². The molecular formula is C40H48N6O9. The van der Waals surface area contributed by atoms with Gasteiger partial charge in [0.15, 0.2) is 0 Å². The Morgan fingerprint density at radius 1 is 0.782 bits per heavy atom. The average molecular weight is 757 g/mol. The molecule has 0 spiro atoms. The second kappa shape index (κ2) is 21.3. The Morgan fingerprint density at radius 2 is 1.36 bits per heavy atom. The number of carbonyl (C=O) groups is 7. The van der Waals surface area contributed by atoms with Crippen LogP contribution in [0.4, 0.5) is 4.79 Å². The molecule has 0 aliphatic rings. The largest absolute Gasteiger partial charge is 0.508 e. The standard InChI is InChI=1S/C40H48N6O9/c1-5-31(45-40(54)55-24-29-14-10-7-11-15-29)39(53)46(34(22-27-12-8-6-9-13-27)38(52)44-32(36(41)50)20-25(2)3)35(49)23-42-37(51)33(43-26(4)47)21-28-16-18-30(48)19-17-28/h5-19,25,32-34,48H,20-24H2,1-4H3,(H2,41,50)(H,42,51)(H,43,47)(H,44,52)(H,45,54)/b31-5-/t32-,33-,34-/m0/s1. The van der Waals surface area contributed by atoms with Gasteiger partial charge in [-0.2, -0.15) is 0 Å². The Bertz CT molecular complexity index is 1830. The second-order valence-electron chi connectivity index (χ2n) is 13.1. The molecular weight excluding hydrogens is 708 g/mol. The Labute approximate surface area is 319 Å². The minimum Gasteiger partial charge on any atom is -0.508 e. The molecule has 3 aromatic carbocycles. The Balaban J connectivity index is 1.99. The number of rotatable bonds is 18. The zero-order chi connectivity index (χ0) is 40.5.